The van der Waals surface area contributed by atoms with Crippen molar-refractivity contribution < 1.29 is 0 Å². The van der Waals surface area contributed by atoms with Crippen molar-refractivity contribution in [2.24, 2.45) is 11.7 Å². The zero-order valence-electron chi connectivity index (χ0n) is 6.55. The summed E-state index contributed by atoms with van der Waals surface area (Å²) in [5.41, 5.74) is 5.67. The SMILES string of the molecule is CSCCC(C)C(C)N. The van der Waals surface area contributed by atoms with Crippen molar-refractivity contribution in [1.29, 1.82) is 0 Å². The summed E-state index contributed by atoms with van der Waals surface area (Å²) in [4.78, 5) is 0. The van der Waals surface area contributed by atoms with Gasteiger partial charge in [-0.1, -0.05) is 6.92 Å². The summed E-state index contributed by atoms with van der Waals surface area (Å²) in [6.07, 6.45) is 3.38. The summed E-state index contributed by atoms with van der Waals surface area (Å²) in [6.45, 7) is 4.28. The van der Waals surface area contributed by atoms with Gasteiger partial charge in [0.2, 0.25) is 0 Å². The maximum Gasteiger partial charge on any atom is 0.00364 e. The summed E-state index contributed by atoms with van der Waals surface area (Å²) in [7, 11) is 0. The Morgan fingerprint density at radius 2 is 2.00 bits per heavy atom. The lowest BCUT2D eigenvalue weighted by Gasteiger charge is -2.13. The number of thioether (sulfide) groups is 1. The van der Waals surface area contributed by atoms with Gasteiger partial charge in [0.25, 0.3) is 0 Å². The molecule has 0 aromatic rings. The Labute approximate surface area is 62.4 Å². The number of nitrogens with two attached hydrogens (primary N) is 1. The molecular formula is C7H17NS. The molecule has 56 valence electrons. The predicted molar refractivity (Wildman–Crippen MR) is 45.8 cm³/mol. The molecule has 0 spiro atoms. The van der Waals surface area contributed by atoms with Crippen LogP contribution in [0.3, 0.4) is 0 Å². The molecule has 1 nitrogen and oxygen atoms in total. The molecule has 0 saturated carbocycles. The van der Waals surface area contributed by atoms with Crippen LogP contribution in [0.5, 0.6) is 0 Å². The zero-order chi connectivity index (χ0) is 7.28. The minimum absolute atomic E-state index is 0.358. The molecule has 0 aliphatic heterocycles. The normalized spacial score (nSPS) is 17.3. The third-order valence-corrected chi connectivity index (χ3v) is 2.32. The molecule has 2 heteroatoms. The van der Waals surface area contributed by atoms with E-state index in [9.17, 15) is 0 Å². The Hall–Kier alpha value is 0.310. The third-order valence-electron chi connectivity index (χ3n) is 1.67. The standard InChI is InChI=1S/C7H17NS/c1-6(7(2)8)4-5-9-3/h6-7H,4-5,8H2,1-3H3. The first-order valence-corrected chi connectivity index (χ1v) is 4.82. The minimum atomic E-state index is 0.358. The second-order valence-electron chi connectivity index (χ2n) is 2.62. The molecule has 9 heavy (non-hydrogen) atoms. The Morgan fingerprint density at radius 3 is 2.33 bits per heavy atom. The van der Waals surface area contributed by atoms with Gasteiger partial charge in [-0.05, 0) is 31.3 Å². The second-order valence-corrected chi connectivity index (χ2v) is 3.60. The van der Waals surface area contributed by atoms with Crippen molar-refractivity contribution in [3.63, 3.8) is 0 Å². The van der Waals surface area contributed by atoms with E-state index in [1.807, 2.05) is 11.8 Å². The van der Waals surface area contributed by atoms with Crippen molar-refractivity contribution in [2.45, 2.75) is 26.3 Å². The highest BCUT2D eigenvalue weighted by molar-refractivity contribution is 7.98. The maximum absolute atomic E-state index is 5.67. The molecule has 0 aromatic carbocycles. The average molecular weight is 147 g/mol. The zero-order valence-corrected chi connectivity index (χ0v) is 7.37. The van der Waals surface area contributed by atoms with Crippen molar-refractivity contribution in [3.05, 3.63) is 0 Å². The van der Waals surface area contributed by atoms with E-state index < -0.39 is 0 Å². The number of hydrogen-bond donors (Lipinski definition) is 1. The van der Waals surface area contributed by atoms with Gasteiger partial charge in [-0.25, -0.2) is 0 Å². The molecule has 0 amide bonds. The summed E-state index contributed by atoms with van der Waals surface area (Å²) in [5, 5.41) is 0. The average Bonchev–Trinajstić information content (AvgIpc) is 1.82. The smallest absolute Gasteiger partial charge is 0.00364 e. The van der Waals surface area contributed by atoms with Crippen LogP contribution in [-0.2, 0) is 0 Å². The summed E-state index contributed by atoms with van der Waals surface area (Å²) < 4.78 is 0. The third kappa shape index (κ3) is 4.79. The molecule has 2 unspecified atom stereocenters. The highest BCUT2D eigenvalue weighted by Gasteiger charge is 2.05. The summed E-state index contributed by atoms with van der Waals surface area (Å²) >= 11 is 1.89. The molecule has 0 fully saturated rings. The molecule has 0 aromatic heterocycles. The fraction of sp³-hybridized carbons (Fsp3) is 1.00. The van der Waals surface area contributed by atoms with Gasteiger partial charge in [-0.15, -0.1) is 0 Å². The number of rotatable bonds is 4. The van der Waals surface area contributed by atoms with Gasteiger partial charge in [0.1, 0.15) is 0 Å². The lowest BCUT2D eigenvalue weighted by atomic mass is 10.0. The van der Waals surface area contributed by atoms with Gasteiger partial charge >= 0.3 is 0 Å². The van der Waals surface area contributed by atoms with Gasteiger partial charge in [0.05, 0.1) is 0 Å². The van der Waals surface area contributed by atoms with Crippen LogP contribution < -0.4 is 5.73 Å². The fourth-order valence-electron chi connectivity index (χ4n) is 0.567. The Bertz CT molecular complexity index is 63.9. The Balaban J connectivity index is 3.16. The Morgan fingerprint density at radius 1 is 1.44 bits per heavy atom. The van der Waals surface area contributed by atoms with E-state index in [1.165, 1.54) is 12.2 Å². The van der Waals surface area contributed by atoms with Crippen LogP contribution in [0.1, 0.15) is 20.3 Å². The van der Waals surface area contributed by atoms with Gasteiger partial charge in [0.15, 0.2) is 0 Å². The number of hydrogen-bond acceptors (Lipinski definition) is 2. The van der Waals surface area contributed by atoms with Gasteiger partial charge in [-0.3, -0.25) is 0 Å². The van der Waals surface area contributed by atoms with Crippen molar-refractivity contribution in [2.75, 3.05) is 12.0 Å². The van der Waals surface area contributed by atoms with Crippen molar-refractivity contribution in [1.82, 2.24) is 0 Å². The molecule has 2 atom stereocenters. The van der Waals surface area contributed by atoms with E-state index in [2.05, 4.69) is 20.1 Å². The molecule has 0 heterocycles. The van der Waals surface area contributed by atoms with Crippen molar-refractivity contribution in [3.8, 4) is 0 Å². The molecule has 0 aliphatic rings. The van der Waals surface area contributed by atoms with E-state index in [0.717, 1.165) is 0 Å². The molecule has 0 aliphatic carbocycles. The first-order chi connectivity index (χ1) is 4.18. The molecular weight excluding hydrogens is 130 g/mol. The summed E-state index contributed by atoms with van der Waals surface area (Å²) in [5.74, 6) is 1.92. The van der Waals surface area contributed by atoms with Crippen LogP contribution in [0.25, 0.3) is 0 Å². The first-order valence-electron chi connectivity index (χ1n) is 3.43. The highest BCUT2D eigenvalue weighted by Crippen LogP contribution is 2.08. The lowest BCUT2D eigenvalue weighted by molar-refractivity contribution is 0.473. The molecule has 0 bridgehead atoms. The van der Waals surface area contributed by atoms with Crippen LogP contribution >= 0.6 is 11.8 Å². The Kier molecular flexibility index (Phi) is 5.30. The van der Waals surface area contributed by atoms with Gasteiger partial charge in [0, 0.05) is 6.04 Å². The quantitative estimate of drug-likeness (QED) is 0.655. The van der Waals surface area contributed by atoms with Gasteiger partial charge < -0.3 is 5.73 Å². The molecule has 0 saturated heterocycles. The van der Waals surface area contributed by atoms with E-state index in [4.69, 9.17) is 5.73 Å². The van der Waals surface area contributed by atoms with Crippen LogP contribution in [0.2, 0.25) is 0 Å². The van der Waals surface area contributed by atoms with E-state index >= 15 is 0 Å². The van der Waals surface area contributed by atoms with Crippen LogP contribution in [0.4, 0.5) is 0 Å². The second kappa shape index (κ2) is 5.12. The topological polar surface area (TPSA) is 26.0 Å². The fourth-order valence-corrected chi connectivity index (χ4v) is 1.17. The molecule has 0 radical (unpaired) electrons. The summed E-state index contributed by atoms with van der Waals surface area (Å²) in [6, 6.07) is 0.358. The lowest BCUT2D eigenvalue weighted by Crippen LogP contribution is -2.24. The van der Waals surface area contributed by atoms with Gasteiger partial charge in [-0.2, -0.15) is 11.8 Å². The van der Waals surface area contributed by atoms with E-state index in [0.29, 0.717) is 12.0 Å². The predicted octanol–water partition coefficient (Wildman–Crippen LogP) is 1.72. The van der Waals surface area contributed by atoms with Crippen molar-refractivity contribution >= 4 is 11.8 Å². The van der Waals surface area contributed by atoms with Crippen LogP contribution in [-0.4, -0.2) is 18.1 Å². The highest BCUT2D eigenvalue weighted by atomic mass is 32.2. The monoisotopic (exact) mass is 147 g/mol. The minimum Gasteiger partial charge on any atom is -0.328 e. The van der Waals surface area contributed by atoms with E-state index in [1.54, 1.807) is 0 Å². The molecule has 2 N–H and O–H groups in total. The van der Waals surface area contributed by atoms with Crippen LogP contribution in [0, 0.1) is 5.92 Å². The molecule has 0 rings (SSSR count). The largest absolute Gasteiger partial charge is 0.328 e. The maximum atomic E-state index is 5.67. The van der Waals surface area contributed by atoms with E-state index in [-0.39, 0.29) is 0 Å². The van der Waals surface area contributed by atoms with Crippen LogP contribution in [0.15, 0.2) is 0 Å². The first kappa shape index (κ1) is 9.31.